The van der Waals surface area contributed by atoms with E-state index < -0.39 is 0 Å². The van der Waals surface area contributed by atoms with Crippen molar-refractivity contribution in [2.45, 2.75) is 0 Å². The molecule has 0 saturated carbocycles. The summed E-state index contributed by atoms with van der Waals surface area (Å²) < 4.78 is 1.77. The average Bonchev–Trinajstić information content (AvgIpc) is 2.97. The van der Waals surface area contributed by atoms with Crippen LogP contribution in [0, 0.1) is 0 Å². The number of benzene rings is 1. The number of hydrogen-bond acceptors (Lipinski definition) is 6. The molecule has 4 rings (SSSR count). The molecule has 1 saturated heterocycles. The van der Waals surface area contributed by atoms with Crippen molar-refractivity contribution in [3.05, 3.63) is 24.3 Å². The average molecular weight is 269 g/mol. The Hall–Kier alpha value is -2.28. The highest BCUT2D eigenvalue weighted by atomic mass is 15.5. The molecule has 102 valence electrons. The smallest absolute Gasteiger partial charge is 0.222 e. The van der Waals surface area contributed by atoms with Gasteiger partial charge in [-0.05, 0) is 29.6 Å². The van der Waals surface area contributed by atoms with E-state index in [0.717, 1.165) is 48.7 Å². The number of nitrogens with zero attached hydrogens (tertiary/aromatic N) is 7. The van der Waals surface area contributed by atoms with Crippen LogP contribution in [0.5, 0.6) is 0 Å². The first kappa shape index (κ1) is 11.5. The number of fused-ring (bicyclic) bond motifs is 3. The fourth-order valence-electron chi connectivity index (χ4n) is 2.62. The van der Waals surface area contributed by atoms with Crippen molar-refractivity contribution >= 4 is 22.5 Å². The zero-order valence-electron chi connectivity index (χ0n) is 11.3. The van der Waals surface area contributed by atoms with E-state index in [9.17, 15) is 0 Å². The molecule has 3 aromatic rings. The molecule has 0 unspecified atom stereocenters. The Kier molecular flexibility index (Phi) is 2.53. The molecule has 0 N–H and O–H groups in total. The number of hydrogen-bond donors (Lipinski definition) is 0. The highest BCUT2D eigenvalue weighted by Crippen LogP contribution is 2.22. The van der Waals surface area contributed by atoms with E-state index in [1.54, 1.807) is 4.52 Å². The van der Waals surface area contributed by atoms with Gasteiger partial charge in [0, 0.05) is 26.2 Å². The summed E-state index contributed by atoms with van der Waals surface area (Å²) in [7, 11) is 2.14. The Labute approximate surface area is 115 Å². The molecule has 0 atom stereocenters. The van der Waals surface area contributed by atoms with Gasteiger partial charge >= 0.3 is 0 Å². The lowest BCUT2D eigenvalue weighted by Gasteiger charge is -2.33. The zero-order valence-corrected chi connectivity index (χ0v) is 11.3. The minimum Gasteiger partial charge on any atom is -0.351 e. The Bertz CT molecular complexity index is 758. The number of anilines is 1. The van der Waals surface area contributed by atoms with E-state index in [-0.39, 0.29) is 0 Å². The van der Waals surface area contributed by atoms with Crippen LogP contribution in [-0.2, 0) is 0 Å². The Morgan fingerprint density at radius 1 is 1.05 bits per heavy atom. The number of tetrazole rings is 1. The maximum Gasteiger partial charge on any atom is 0.222 e. The van der Waals surface area contributed by atoms with Crippen LogP contribution in [0.4, 0.5) is 5.82 Å². The minimum absolute atomic E-state index is 0.730. The summed E-state index contributed by atoms with van der Waals surface area (Å²) in [5.74, 6) is 0.877. The van der Waals surface area contributed by atoms with E-state index in [2.05, 4.69) is 32.4 Å². The van der Waals surface area contributed by atoms with E-state index in [4.69, 9.17) is 4.98 Å². The Balaban J connectivity index is 1.90. The van der Waals surface area contributed by atoms with Crippen LogP contribution < -0.4 is 4.90 Å². The van der Waals surface area contributed by atoms with E-state index in [1.165, 1.54) is 0 Å². The van der Waals surface area contributed by atoms with Gasteiger partial charge in [0.2, 0.25) is 5.65 Å². The molecular weight excluding hydrogens is 254 g/mol. The number of rotatable bonds is 1. The maximum atomic E-state index is 4.77. The standard InChI is InChI=1S/C13H15N7/c1-18-6-8-19(9-7-18)12-13-15-16-17-20(13)11-5-3-2-4-10(11)14-12/h2-5H,6-9H2,1H3. The van der Waals surface area contributed by atoms with Crippen LogP contribution in [0.15, 0.2) is 24.3 Å². The molecule has 7 nitrogen and oxygen atoms in total. The van der Waals surface area contributed by atoms with E-state index >= 15 is 0 Å². The van der Waals surface area contributed by atoms with Gasteiger partial charge in [0.1, 0.15) is 0 Å². The third-order valence-electron chi connectivity index (χ3n) is 3.81. The van der Waals surface area contributed by atoms with Gasteiger partial charge in [-0.1, -0.05) is 12.1 Å². The monoisotopic (exact) mass is 269 g/mol. The van der Waals surface area contributed by atoms with Crippen LogP contribution >= 0.6 is 0 Å². The van der Waals surface area contributed by atoms with Crippen LogP contribution in [0.25, 0.3) is 16.7 Å². The van der Waals surface area contributed by atoms with Crippen molar-refractivity contribution in [3.63, 3.8) is 0 Å². The molecule has 2 aromatic heterocycles. The third kappa shape index (κ3) is 1.70. The SMILES string of the molecule is CN1CCN(c2nc3ccccc3n3nnnc23)CC1. The van der Waals surface area contributed by atoms with Gasteiger partial charge in [0.05, 0.1) is 11.0 Å². The van der Waals surface area contributed by atoms with Gasteiger partial charge in [0.25, 0.3) is 0 Å². The van der Waals surface area contributed by atoms with Gasteiger partial charge < -0.3 is 9.80 Å². The van der Waals surface area contributed by atoms with Crippen molar-refractivity contribution in [3.8, 4) is 0 Å². The molecule has 7 heteroatoms. The van der Waals surface area contributed by atoms with Crippen LogP contribution in [0.2, 0.25) is 0 Å². The summed E-state index contributed by atoms with van der Waals surface area (Å²) in [5, 5.41) is 12.1. The van der Waals surface area contributed by atoms with Crippen LogP contribution in [0.3, 0.4) is 0 Å². The Morgan fingerprint density at radius 3 is 2.70 bits per heavy atom. The summed E-state index contributed by atoms with van der Waals surface area (Å²) in [4.78, 5) is 9.35. The van der Waals surface area contributed by atoms with Crippen molar-refractivity contribution < 1.29 is 0 Å². The maximum absolute atomic E-state index is 4.77. The molecule has 0 amide bonds. The normalized spacial score (nSPS) is 17.1. The van der Waals surface area contributed by atoms with Gasteiger partial charge in [-0.2, -0.15) is 4.52 Å². The molecular formula is C13H15N7. The zero-order chi connectivity index (χ0) is 13.5. The highest BCUT2D eigenvalue weighted by Gasteiger charge is 2.20. The second kappa shape index (κ2) is 4.38. The fourth-order valence-corrected chi connectivity index (χ4v) is 2.62. The molecule has 20 heavy (non-hydrogen) atoms. The van der Waals surface area contributed by atoms with Crippen molar-refractivity contribution in [2.75, 3.05) is 38.1 Å². The predicted molar refractivity (Wildman–Crippen MR) is 75.8 cm³/mol. The summed E-state index contributed by atoms with van der Waals surface area (Å²) in [5.41, 5.74) is 2.58. The van der Waals surface area contributed by atoms with Crippen molar-refractivity contribution in [1.82, 2.24) is 29.9 Å². The summed E-state index contributed by atoms with van der Waals surface area (Å²) >= 11 is 0. The van der Waals surface area contributed by atoms with Gasteiger partial charge in [-0.3, -0.25) is 0 Å². The van der Waals surface area contributed by atoms with Gasteiger partial charge in [-0.15, -0.1) is 5.10 Å². The quantitative estimate of drug-likeness (QED) is 0.638. The van der Waals surface area contributed by atoms with Gasteiger partial charge in [0.15, 0.2) is 5.82 Å². The topological polar surface area (TPSA) is 62.5 Å². The lowest BCUT2D eigenvalue weighted by atomic mass is 10.3. The molecule has 1 aromatic carbocycles. The van der Waals surface area contributed by atoms with Crippen LogP contribution in [-0.4, -0.2) is 63.2 Å². The van der Waals surface area contributed by atoms with E-state index in [1.807, 2.05) is 24.3 Å². The lowest BCUT2D eigenvalue weighted by Crippen LogP contribution is -2.45. The molecule has 0 radical (unpaired) electrons. The number of aromatic nitrogens is 5. The van der Waals surface area contributed by atoms with Crippen molar-refractivity contribution in [1.29, 1.82) is 0 Å². The second-order valence-electron chi connectivity index (χ2n) is 5.13. The van der Waals surface area contributed by atoms with Gasteiger partial charge in [-0.25, -0.2) is 4.98 Å². The molecule has 1 aliphatic rings. The summed E-state index contributed by atoms with van der Waals surface area (Å²) in [6, 6.07) is 7.94. The molecule has 0 bridgehead atoms. The molecule has 1 aliphatic heterocycles. The minimum atomic E-state index is 0.730. The van der Waals surface area contributed by atoms with Crippen molar-refractivity contribution in [2.24, 2.45) is 0 Å². The fraction of sp³-hybridized carbons (Fsp3) is 0.385. The van der Waals surface area contributed by atoms with E-state index in [0.29, 0.717) is 0 Å². The summed E-state index contributed by atoms with van der Waals surface area (Å²) in [6.45, 7) is 3.96. The van der Waals surface area contributed by atoms with Crippen LogP contribution in [0.1, 0.15) is 0 Å². The number of para-hydroxylation sites is 2. The third-order valence-corrected chi connectivity index (χ3v) is 3.81. The first-order chi connectivity index (χ1) is 9.83. The molecule has 3 heterocycles. The largest absolute Gasteiger partial charge is 0.351 e. The molecule has 0 spiro atoms. The lowest BCUT2D eigenvalue weighted by molar-refractivity contribution is 0.312. The highest BCUT2D eigenvalue weighted by molar-refractivity contribution is 5.82. The number of piperazine rings is 1. The first-order valence-corrected chi connectivity index (χ1v) is 6.73. The Morgan fingerprint density at radius 2 is 1.85 bits per heavy atom. The first-order valence-electron chi connectivity index (χ1n) is 6.73. The molecule has 0 aliphatic carbocycles. The molecule has 1 fully saturated rings. The summed E-state index contributed by atoms with van der Waals surface area (Å²) in [6.07, 6.45) is 0. The second-order valence-corrected chi connectivity index (χ2v) is 5.13. The predicted octanol–water partition coefficient (Wildman–Crippen LogP) is 0.424. The number of likely N-dealkylation sites (N-methyl/N-ethyl adjacent to an activating group) is 1.